The maximum absolute atomic E-state index is 12.6. The first kappa shape index (κ1) is 17.6. The molecule has 0 spiro atoms. The number of hydrogen-bond acceptors (Lipinski definition) is 6. The number of aliphatic hydroxyl groups is 1. The van der Waals surface area contributed by atoms with Crippen LogP contribution in [0.25, 0.3) is 0 Å². The van der Waals surface area contributed by atoms with Gasteiger partial charge in [-0.05, 0) is 38.7 Å². The summed E-state index contributed by atoms with van der Waals surface area (Å²) in [5.74, 6) is 0.608. The maximum Gasteiger partial charge on any atom is 0.242 e. The number of nitrogens with one attached hydrogen (secondary N) is 2. The smallest absolute Gasteiger partial charge is 0.242 e. The maximum atomic E-state index is 12.6. The van der Waals surface area contributed by atoms with E-state index in [1.807, 2.05) is 19.9 Å². The Bertz CT molecular complexity index is 530. The van der Waals surface area contributed by atoms with Gasteiger partial charge in [-0.25, -0.2) is 9.97 Å². The lowest BCUT2D eigenvalue weighted by molar-refractivity contribution is -0.126. The monoisotopic (exact) mass is 322 g/mol. The standard InChI is InChI=1S/C16H26N4O3/c1-9(2)7-13(14(21)19-12-5-6-23-15(12)22)20-16-17-10(3)8-11(4)18-16/h8-9,12-13,15,22H,5-7H2,1-4H3,(H,19,21)(H,17,18,20)/t12-,13-,15?/m0/s1. The first-order valence-electron chi connectivity index (χ1n) is 8.04. The van der Waals surface area contributed by atoms with Crippen LogP contribution >= 0.6 is 0 Å². The minimum absolute atomic E-state index is 0.170. The predicted octanol–water partition coefficient (Wildman–Crippen LogP) is 1.14. The molecule has 2 rings (SSSR count). The Morgan fingerprint density at radius 1 is 1.39 bits per heavy atom. The molecule has 1 aromatic heterocycles. The summed E-state index contributed by atoms with van der Waals surface area (Å²) in [6.45, 7) is 8.34. The van der Waals surface area contributed by atoms with Crippen molar-refractivity contribution >= 4 is 11.9 Å². The fourth-order valence-corrected chi connectivity index (χ4v) is 2.65. The first-order chi connectivity index (χ1) is 10.8. The van der Waals surface area contributed by atoms with Crippen LogP contribution in [0.15, 0.2) is 6.07 Å². The van der Waals surface area contributed by atoms with Gasteiger partial charge in [0.15, 0.2) is 6.29 Å². The van der Waals surface area contributed by atoms with E-state index in [0.717, 1.165) is 11.4 Å². The van der Waals surface area contributed by atoms with Gasteiger partial charge < -0.3 is 20.5 Å². The van der Waals surface area contributed by atoms with Crippen LogP contribution in [0.3, 0.4) is 0 Å². The molecule has 0 aliphatic carbocycles. The molecular weight excluding hydrogens is 296 g/mol. The Morgan fingerprint density at radius 3 is 2.57 bits per heavy atom. The molecule has 7 heteroatoms. The number of aliphatic hydroxyl groups excluding tert-OH is 1. The quantitative estimate of drug-likeness (QED) is 0.727. The molecule has 1 amide bonds. The number of carbonyl (C=O) groups is 1. The molecule has 2 heterocycles. The zero-order chi connectivity index (χ0) is 17.0. The van der Waals surface area contributed by atoms with Crippen LogP contribution in [0, 0.1) is 19.8 Å². The summed E-state index contributed by atoms with van der Waals surface area (Å²) in [4.78, 5) is 21.2. The summed E-state index contributed by atoms with van der Waals surface area (Å²) in [6, 6.07) is 1.07. The molecule has 0 aromatic carbocycles. The molecular formula is C16H26N4O3. The molecule has 3 N–H and O–H groups in total. The predicted molar refractivity (Wildman–Crippen MR) is 86.9 cm³/mol. The highest BCUT2D eigenvalue weighted by atomic mass is 16.6. The molecule has 1 aliphatic heterocycles. The van der Waals surface area contributed by atoms with Gasteiger partial charge in [0.25, 0.3) is 0 Å². The third-order valence-corrected chi connectivity index (χ3v) is 3.70. The van der Waals surface area contributed by atoms with E-state index >= 15 is 0 Å². The van der Waals surface area contributed by atoms with Gasteiger partial charge >= 0.3 is 0 Å². The van der Waals surface area contributed by atoms with Crippen molar-refractivity contribution in [2.45, 2.75) is 58.9 Å². The van der Waals surface area contributed by atoms with Gasteiger partial charge in [-0.3, -0.25) is 4.79 Å². The van der Waals surface area contributed by atoms with Crippen molar-refractivity contribution in [3.8, 4) is 0 Å². The topological polar surface area (TPSA) is 96.4 Å². The van der Waals surface area contributed by atoms with E-state index < -0.39 is 12.3 Å². The van der Waals surface area contributed by atoms with Gasteiger partial charge in [0, 0.05) is 11.4 Å². The number of rotatable bonds is 6. The molecule has 0 radical (unpaired) electrons. The van der Waals surface area contributed by atoms with E-state index in [0.29, 0.717) is 31.3 Å². The molecule has 1 aromatic rings. The van der Waals surface area contributed by atoms with Gasteiger partial charge in [0.1, 0.15) is 6.04 Å². The van der Waals surface area contributed by atoms with Crippen LogP contribution in [-0.2, 0) is 9.53 Å². The zero-order valence-corrected chi connectivity index (χ0v) is 14.2. The lowest BCUT2D eigenvalue weighted by Crippen LogP contribution is -2.48. The Morgan fingerprint density at radius 2 is 2.04 bits per heavy atom. The lowest BCUT2D eigenvalue weighted by atomic mass is 10.0. The molecule has 1 saturated heterocycles. The molecule has 1 unspecified atom stereocenters. The average molecular weight is 322 g/mol. The third kappa shape index (κ3) is 5.14. The minimum atomic E-state index is -0.934. The largest absolute Gasteiger partial charge is 0.366 e. The number of carbonyl (C=O) groups excluding carboxylic acids is 1. The second-order valence-corrected chi connectivity index (χ2v) is 6.47. The van der Waals surface area contributed by atoms with Crippen molar-refractivity contribution < 1.29 is 14.6 Å². The van der Waals surface area contributed by atoms with Gasteiger partial charge in [0.2, 0.25) is 11.9 Å². The first-order valence-corrected chi connectivity index (χ1v) is 8.04. The molecule has 7 nitrogen and oxygen atoms in total. The van der Waals surface area contributed by atoms with E-state index in [-0.39, 0.29) is 11.9 Å². The van der Waals surface area contributed by atoms with Gasteiger partial charge in [-0.2, -0.15) is 0 Å². The molecule has 0 bridgehead atoms. The number of anilines is 1. The van der Waals surface area contributed by atoms with E-state index in [9.17, 15) is 9.90 Å². The average Bonchev–Trinajstić information content (AvgIpc) is 2.82. The van der Waals surface area contributed by atoms with Crippen LogP contribution < -0.4 is 10.6 Å². The second kappa shape index (κ2) is 7.70. The van der Waals surface area contributed by atoms with Gasteiger partial charge in [-0.15, -0.1) is 0 Å². The van der Waals surface area contributed by atoms with Crippen LogP contribution in [-0.4, -0.2) is 46.0 Å². The van der Waals surface area contributed by atoms with Crippen molar-refractivity contribution in [1.29, 1.82) is 0 Å². The number of aromatic nitrogens is 2. The highest BCUT2D eigenvalue weighted by Crippen LogP contribution is 2.14. The van der Waals surface area contributed by atoms with E-state index in [1.54, 1.807) is 0 Å². The summed E-state index contributed by atoms with van der Waals surface area (Å²) in [5, 5.41) is 15.7. The van der Waals surface area contributed by atoms with Gasteiger partial charge in [-0.1, -0.05) is 13.8 Å². The van der Waals surface area contributed by atoms with Crippen LogP contribution in [0.5, 0.6) is 0 Å². The lowest BCUT2D eigenvalue weighted by Gasteiger charge is -2.23. The van der Waals surface area contributed by atoms with Crippen LogP contribution in [0.4, 0.5) is 5.95 Å². The highest BCUT2D eigenvalue weighted by Gasteiger charge is 2.30. The number of amides is 1. The second-order valence-electron chi connectivity index (χ2n) is 6.47. The van der Waals surface area contributed by atoms with E-state index in [4.69, 9.17) is 4.74 Å². The van der Waals surface area contributed by atoms with Gasteiger partial charge in [0.05, 0.1) is 12.6 Å². The van der Waals surface area contributed by atoms with Crippen molar-refractivity contribution in [2.24, 2.45) is 5.92 Å². The van der Waals surface area contributed by atoms with Crippen molar-refractivity contribution in [3.63, 3.8) is 0 Å². The molecule has 3 atom stereocenters. The van der Waals surface area contributed by atoms with E-state index in [2.05, 4.69) is 34.4 Å². The summed E-state index contributed by atoms with van der Waals surface area (Å²) in [6.07, 6.45) is 0.323. The number of hydrogen-bond donors (Lipinski definition) is 3. The fourth-order valence-electron chi connectivity index (χ4n) is 2.65. The Labute approximate surface area is 136 Å². The summed E-state index contributed by atoms with van der Waals surface area (Å²) in [7, 11) is 0. The third-order valence-electron chi connectivity index (χ3n) is 3.70. The number of aryl methyl sites for hydroxylation is 2. The molecule has 1 aliphatic rings. The normalized spacial score (nSPS) is 22.2. The minimum Gasteiger partial charge on any atom is -0.366 e. The zero-order valence-electron chi connectivity index (χ0n) is 14.2. The Kier molecular flexibility index (Phi) is 5.90. The fraction of sp³-hybridized carbons (Fsp3) is 0.688. The number of ether oxygens (including phenoxy) is 1. The van der Waals surface area contributed by atoms with Crippen molar-refractivity contribution in [2.75, 3.05) is 11.9 Å². The van der Waals surface area contributed by atoms with Crippen molar-refractivity contribution in [3.05, 3.63) is 17.5 Å². The summed E-state index contributed by atoms with van der Waals surface area (Å²) < 4.78 is 5.07. The molecule has 0 saturated carbocycles. The molecule has 23 heavy (non-hydrogen) atoms. The van der Waals surface area contributed by atoms with Crippen molar-refractivity contribution in [1.82, 2.24) is 15.3 Å². The summed E-state index contributed by atoms with van der Waals surface area (Å²) >= 11 is 0. The molecule has 128 valence electrons. The highest BCUT2D eigenvalue weighted by molar-refractivity contribution is 5.84. The molecule has 1 fully saturated rings. The Balaban J connectivity index is 2.07. The number of nitrogens with zero attached hydrogens (tertiary/aromatic N) is 2. The van der Waals surface area contributed by atoms with Crippen LogP contribution in [0.1, 0.15) is 38.1 Å². The Hall–Kier alpha value is -1.73. The van der Waals surface area contributed by atoms with E-state index in [1.165, 1.54) is 0 Å². The van der Waals surface area contributed by atoms with Crippen LogP contribution in [0.2, 0.25) is 0 Å². The SMILES string of the molecule is Cc1cc(C)nc(N[C@@H](CC(C)C)C(=O)N[C@H]2CCOC2O)n1. The summed E-state index contributed by atoms with van der Waals surface area (Å²) in [5.41, 5.74) is 1.70.